The molecular weight excluding hydrogens is 377 g/mol. The molecule has 0 aliphatic carbocycles. The zero-order chi connectivity index (χ0) is 17.2. The molecule has 4 nitrogen and oxygen atoms in total. The van der Waals surface area contributed by atoms with Gasteiger partial charge in [-0.25, -0.2) is 0 Å². The molecule has 25 heavy (non-hydrogen) atoms. The van der Waals surface area contributed by atoms with E-state index in [2.05, 4.69) is 15.1 Å². The normalized spacial score (nSPS) is 16.4. The average Bonchev–Trinajstić information content (AvgIpc) is 3.30. The number of piperidine rings is 1. The lowest BCUT2D eigenvalue weighted by Crippen LogP contribution is -2.32. The summed E-state index contributed by atoms with van der Waals surface area (Å²) in [4.78, 5) is 2.42. The number of rotatable bonds is 4. The summed E-state index contributed by atoms with van der Waals surface area (Å²) in [5, 5.41) is 13.7. The average molecular weight is 394 g/mol. The molecule has 0 radical (unpaired) electrons. The van der Waals surface area contributed by atoms with Gasteiger partial charge >= 0.3 is 0 Å². The minimum absolute atomic E-state index is 0.338. The van der Waals surface area contributed by atoms with Crippen LogP contribution in [0, 0.1) is 0 Å². The van der Waals surface area contributed by atoms with Crippen molar-refractivity contribution in [3.63, 3.8) is 0 Å². The molecule has 3 aromatic rings. The van der Waals surface area contributed by atoms with Gasteiger partial charge in [-0.15, -0.1) is 10.2 Å². The Morgan fingerprint density at radius 3 is 2.68 bits per heavy atom. The summed E-state index contributed by atoms with van der Waals surface area (Å²) in [6, 6.07) is 7.84. The SMILES string of the molecule is Clc1ccc(CN2CCC(c3nnc(-c4ccsc4)o3)CC2)cc1Cl. The molecule has 0 bridgehead atoms. The van der Waals surface area contributed by atoms with Gasteiger partial charge in [0.25, 0.3) is 0 Å². The highest BCUT2D eigenvalue weighted by atomic mass is 35.5. The van der Waals surface area contributed by atoms with Crippen molar-refractivity contribution < 1.29 is 4.42 Å². The van der Waals surface area contributed by atoms with E-state index >= 15 is 0 Å². The summed E-state index contributed by atoms with van der Waals surface area (Å²) >= 11 is 13.7. The molecule has 7 heteroatoms. The molecule has 1 aromatic carbocycles. The number of halogens is 2. The number of likely N-dealkylation sites (tertiary alicyclic amines) is 1. The third kappa shape index (κ3) is 3.90. The quantitative estimate of drug-likeness (QED) is 0.587. The van der Waals surface area contributed by atoms with E-state index in [4.69, 9.17) is 27.6 Å². The number of nitrogens with zero attached hydrogens (tertiary/aromatic N) is 3. The summed E-state index contributed by atoms with van der Waals surface area (Å²) < 4.78 is 5.88. The molecule has 1 saturated heterocycles. The van der Waals surface area contributed by atoms with Crippen molar-refractivity contribution in [1.29, 1.82) is 0 Å². The molecule has 0 saturated carbocycles. The molecule has 0 unspecified atom stereocenters. The predicted molar refractivity (Wildman–Crippen MR) is 101 cm³/mol. The molecule has 4 rings (SSSR count). The van der Waals surface area contributed by atoms with Crippen LogP contribution in [0.5, 0.6) is 0 Å². The lowest BCUT2D eigenvalue weighted by atomic mass is 9.96. The first kappa shape index (κ1) is 17.0. The van der Waals surface area contributed by atoms with Crippen LogP contribution in [0.1, 0.15) is 30.2 Å². The molecule has 1 aliphatic rings. The maximum atomic E-state index is 6.10. The molecule has 0 atom stereocenters. The van der Waals surface area contributed by atoms with Crippen molar-refractivity contribution in [2.75, 3.05) is 13.1 Å². The highest BCUT2D eigenvalue weighted by molar-refractivity contribution is 7.08. The van der Waals surface area contributed by atoms with Crippen molar-refractivity contribution in [1.82, 2.24) is 15.1 Å². The van der Waals surface area contributed by atoms with Crippen molar-refractivity contribution >= 4 is 34.5 Å². The Morgan fingerprint density at radius 2 is 1.96 bits per heavy atom. The predicted octanol–water partition coefficient (Wildman–Crippen LogP) is 5.48. The fourth-order valence-corrected chi connectivity index (χ4v) is 4.09. The number of aromatic nitrogens is 2. The molecular formula is C18H17Cl2N3OS. The minimum atomic E-state index is 0.338. The van der Waals surface area contributed by atoms with Gasteiger partial charge in [-0.1, -0.05) is 29.3 Å². The Morgan fingerprint density at radius 1 is 1.12 bits per heavy atom. The summed E-state index contributed by atoms with van der Waals surface area (Å²) in [7, 11) is 0. The second-order valence-corrected chi connectivity index (χ2v) is 7.85. The first-order chi connectivity index (χ1) is 12.2. The second kappa shape index (κ2) is 7.46. The van der Waals surface area contributed by atoms with E-state index in [0.29, 0.717) is 21.9 Å². The van der Waals surface area contributed by atoms with Gasteiger partial charge in [0, 0.05) is 23.4 Å². The highest BCUT2D eigenvalue weighted by Crippen LogP contribution is 2.31. The molecule has 0 N–H and O–H groups in total. The first-order valence-electron chi connectivity index (χ1n) is 8.21. The third-order valence-electron chi connectivity index (χ3n) is 4.54. The van der Waals surface area contributed by atoms with Gasteiger partial charge in [-0.2, -0.15) is 11.3 Å². The lowest BCUT2D eigenvalue weighted by Gasteiger charge is -2.30. The molecule has 1 aliphatic heterocycles. The zero-order valence-corrected chi connectivity index (χ0v) is 15.8. The van der Waals surface area contributed by atoms with Crippen LogP contribution in [0.4, 0.5) is 0 Å². The largest absolute Gasteiger partial charge is 0.420 e. The third-order valence-corrected chi connectivity index (χ3v) is 5.96. The van der Waals surface area contributed by atoms with Gasteiger partial charge in [-0.3, -0.25) is 4.90 Å². The van der Waals surface area contributed by atoms with Crippen molar-refractivity contribution in [3.05, 3.63) is 56.5 Å². The van der Waals surface area contributed by atoms with E-state index in [1.807, 2.05) is 35.0 Å². The van der Waals surface area contributed by atoms with E-state index in [1.165, 1.54) is 5.56 Å². The highest BCUT2D eigenvalue weighted by Gasteiger charge is 2.25. The van der Waals surface area contributed by atoms with Crippen LogP contribution >= 0.6 is 34.5 Å². The van der Waals surface area contributed by atoms with E-state index in [9.17, 15) is 0 Å². The topological polar surface area (TPSA) is 42.2 Å². The van der Waals surface area contributed by atoms with Crippen LogP contribution in [0.15, 0.2) is 39.4 Å². The number of hydrogen-bond donors (Lipinski definition) is 0. The fraction of sp³-hybridized carbons (Fsp3) is 0.333. The molecule has 0 spiro atoms. The van der Waals surface area contributed by atoms with Gasteiger partial charge in [0.15, 0.2) is 0 Å². The van der Waals surface area contributed by atoms with E-state index in [1.54, 1.807) is 11.3 Å². The Bertz CT molecular complexity index is 842. The van der Waals surface area contributed by atoms with Gasteiger partial charge < -0.3 is 4.42 Å². The van der Waals surface area contributed by atoms with Crippen molar-refractivity contribution in [3.8, 4) is 11.5 Å². The van der Waals surface area contributed by atoms with Crippen LogP contribution in [0.25, 0.3) is 11.5 Å². The van der Waals surface area contributed by atoms with Crippen molar-refractivity contribution in [2.45, 2.75) is 25.3 Å². The maximum Gasteiger partial charge on any atom is 0.248 e. The second-order valence-electron chi connectivity index (χ2n) is 6.26. The Kier molecular flexibility index (Phi) is 5.08. The smallest absolute Gasteiger partial charge is 0.248 e. The standard InChI is InChI=1S/C18H17Cl2N3OS/c19-15-2-1-12(9-16(15)20)10-23-6-3-13(4-7-23)17-21-22-18(24-17)14-5-8-25-11-14/h1-2,5,8-9,11,13H,3-4,6-7,10H2. The molecule has 2 aromatic heterocycles. The Labute approximate surface area is 160 Å². The first-order valence-corrected chi connectivity index (χ1v) is 9.91. The van der Waals surface area contributed by atoms with E-state index < -0.39 is 0 Å². The minimum Gasteiger partial charge on any atom is -0.420 e. The van der Waals surface area contributed by atoms with E-state index in [0.717, 1.165) is 43.9 Å². The van der Waals surface area contributed by atoms with Crippen LogP contribution in [0.2, 0.25) is 10.0 Å². The molecule has 0 amide bonds. The van der Waals surface area contributed by atoms with E-state index in [-0.39, 0.29) is 0 Å². The van der Waals surface area contributed by atoms with Crippen LogP contribution in [-0.2, 0) is 6.54 Å². The van der Waals surface area contributed by atoms with Crippen LogP contribution < -0.4 is 0 Å². The monoisotopic (exact) mass is 393 g/mol. The summed E-state index contributed by atoms with van der Waals surface area (Å²) in [5.41, 5.74) is 2.19. The van der Waals surface area contributed by atoms with Gasteiger partial charge in [0.2, 0.25) is 11.8 Å². The van der Waals surface area contributed by atoms with Gasteiger partial charge in [0.05, 0.1) is 10.0 Å². The molecule has 1 fully saturated rings. The lowest BCUT2D eigenvalue weighted by molar-refractivity contribution is 0.193. The summed E-state index contributed by atoms with van der Waals surface area (Å²) in [5.74, 6) is 1.72. The Hall–Kier alpha value is -1.40. The number of thiophene rings is 1. The van der Waals surface area contributed by atoms with Crippen LogP contribution in [-0.4, -0.2) is 28.2 Å². The number of hydrogen-bond acceptors (Lipinski definition) is 5. The summed E-state index contributed by atoms with van der Waals surface area (Å²) in [6.07, 6.45) is 2.04. The van der Waals surface area contributed by atoms with Gasteiger partial charge in [-0.05, 0) is 55.1 Å². The fourth-order valence-electron chi connectivity index (χ4n) is 3.14. The zero-order valence-electron chi connectivity index (χ0n) is 13.5. The van der Waals surface area contributed by atoms with Crippen molar-refractivity contribution in [2.24, 2.45) is 0 Å². The number of benzene rings is 1. The maximum absolute atomic E-state index is 6.10. The Balaban J connectivity index is 1.36. The summed E-state index contributed by atoms with van der Waals surface area (Å²) in [6.45, 7) is 2.88. The van der Waals surface area contributed by atoms with Gasteiger partial charge in [0.1, 0.15) is 0 Å². The molecule has 130 valence electrons. The van der Waals surface area contributed by atoms with Crippen LogP contribution in [0.3, 0.4) is 0 Å². The molecule has 3 heterocycles.